The van der Waals surface area contributed by atoms with Gasteiger partial charge in [-0.25, -0.2) is 9.59 Å². The fourth-order valence-corrected chi connectivity index (χ4v) is 6.27. The molecule has 0 spiro atoms. The van der Waals surface area contributed by atoms with Gasteiger partial charge in [0.15, 0.2) is 16.7 Å². The first-order valence-corrected chi connectivity index (χ1v) is 13.1. The van der Waals surface area contributed by atoms with E-state index in [0.29, 0.717) is 0 Å². The number of hydrogen-bond donors (Lipinski definition) is 1. The third kappa shape index (κ3) is 8.57. The Hall–Kier alpha value is -1.99. The minimum atomic E-state index is -1.54. The van der Waals surface area contributed by atoms with Gasteiger partial charge in [0.1, 0.15) is 12.6 Å². The van der Waals surface area contributed by atoms with Crippen molar-refractivity contribution in [3.63, 3.8) is 0 Å². The summed E-state index contributed by atoms with van der Waals surface area (Å²) >= 11 is 7.03. The summed E-state index contributed by atoms with van der Waals surface area (Å²) in [6.07, 6.45) is -0.495. The predicted molar refractivity (Wildman–Crippen MR) is 127 cm³/mol. The van der Waals surface area contributed by atoms with Crippen LogP contribution in [0.3, 0.4) is 0 Å². The van der Waals surface area contributed by atoms with E-state index < -0.39 is 30.0 Å². The summed E-state index contributed by atoms with van der Waals surface area (Å²) in [5, 5.41) is 9.60. The quantitative estimate of drug-likeness (QED) is 0.246. The Bertz CT molecular complexity index is 880. The molecular formula is C22H27NO5PS2+. The molecule has 2 aromatic rings. The average Bonchev–Trinajstić information content (AvgIpc) is 2.72. The first-order valence-electron chi connectivity index (χ1n) is 9.80. The van der Waals surface area contributed by atoms with Crippen LogP contribution >= 0.6 is 18.7 Å². The minimum Gasteiger partial charge on any atom is -0.480 e. The number of amides is 1. The third-order valence-corrected chi connectivity index (χ3v) is 7.16. The van der Waals surface area contributed by atoms with Crippen molar-refractivity contribution in [3.8, 4) is 0 Å². The lowest BCUT2D eigenvalue weighted by Gasteiger charge is -2.25. The standard InChI is InChI=1S/C22H26NO5PS2/c1-4-19(20(24)25)23(21(26)27-15-17-11-7-5-8-12-17)16-29(30)28-22(2,3)31-18-13-9-6-10-14-18/h5-14,19H,4,15-16H2,1-3H3/p+1. The maximum Gasteiger partial charge on any atom is 0.414 e. The van der Waals surface area contributed by atoms with Gasteiger partial charge < -0.3 is 9.84 Å². The summed E-state index contributed by atoms with van der Waals surface area (Å²) in [4.78, 5) is 26.1. The molecular weight excluding hydrogens is 453 g/mol. The van der Waals surface area contributed by atoms with Gasteiger partial charge in [-0.05, 0) is 38.0 Å². The van der Waals surface area contributed by atoms with E-state index in [0.717, 1.165) is 10.5 Å². The number of carbonyl (C=O) groups is 2. The molecule has 2 atom stereocenters. The Kier molecular flexibility index (Phi) is 9.91. The first-order chi connectivity index (χ1) is 14.7. The molecule has 31 heavy (non-hydrogen) atoms. The van der Waals surface area contributed by atoms with Crippen LogP contribution < -0.4 is 0 Å². The molecule has 2 aromatic carbocycles. The highest BCUT2D eigenvalue weighted by Crippen LogP contribution is 2.41. The number of benzene rings is 2. The molecule has 0 heterocycles. The molecule has 0 aliphatic carbocycles. The van der Waals surface area contributed by atoms with Gasteiger partial charge in [-0.2, -0.15) is 0 Å². The van der Waals surface area contributed by atoms with Crippen molar-refractivity contribution >= 4 is 42.6 Å². The van der Waals surface area contributed by atoms with Crippen LogP contribution in [0.1, 0.15) is 32.8 Å². The third-order valence-electron chi connectivity index (χ3n) is 4.18. The zero-order valence-corrected chi connectivity index (χ0v) is 20.3. The fraction of sp³-hybridized carbons (Fsp3) is 0.364. The van der Waals surface area contributed by atoms with Gasteiger partial charge in [0.25, 0.3) is 0 Å². The first kappa shape index (κ1) is 25.3. The van der Waals surface area contributed by atoms with Crippen LogP contribution in [0, 0.1) is 0 Å². The maximum atomic E-state index is 12.8. The van der Waals surface area contributed by atoms with Crippen molar-refractivity contribution < 1.29 is 24.0 Å². The van der Waals surface area contributed by atoms with Gasteiger partial charge in [-0.3, -0.25) is 4.90 Å². The van der Waals surface area contributed by atoms with Gasteiger partial charge in [-0.1, -0.05) is 67.2 Å². The van der Waals surface area contributed by atoms with Crippen LogP contribution in [0.2, 0.25) is 0 Å². The number of rotatable bonds is 11. The SMILES string of the molecule is CCC(C(=O)O)N(C[P+](=S)OC(C)(C)Sc1ccccc1)C(=O)OCc1ccccc1. The van der Waals surface area contributed by atoms with Gasteiger partial charge in [-0.15, -0.1) is 4.52 Å². The molecule has 0 bridgehead atoms. The molecule has 1 amide bonds. The van der Waals surface area contributed by atoms with Crippen LogP contribution in [-0.4, -0.2) is 39.3 Å². The Morgan fingerprint density at radius 2 is 1.71 bits per heavy atom. The van der Waals surface area contributed by atoms with Crippen LogP contribution in [0.5, 0.6) is 0 Å². The Morgan fingerprint density at radius 3 is 2.26 bits per heavy atom. The summed E-state index contributed by atoms with van der Waals surface area (Å²) < 4.78 is 11.4. The van der Waals surface area contributed by atoms with E-state index in [-0.39, 0.29) is 19.3 Å². The van der Waals surface area contributed by atoms with Crippen molar-refractivity contribution in [2.24, 2.45) is 0 Å². The van der Waals surface area contributed by atoms with E-state index in [1.807, 2.05) is 74.5 Å². The second kappa shape index (κ2) is 12.2. The maximum absolute atomic E-state index is 12.8. The van der Waals surface area contributed by atoms with Gasteiger partial charge in [0, 0.05) is 4.90 Å². The molecule has 2 rings (SSSR count). The Morgan fingerprint density at radius 1 is 1.13 bits per heavy atom. The number of carboxylic acids is 1. The Balaban J connectivity index is 2.06. The molecule has 0 aliphatic heterocycles. The summed E-state index contributed by atoms with van der Waals surface area (Å²) in [7, 11) is 0. The lowest BCUT2D eigenvalue weighted by atomic mass is 10.2. The smallest absolute Gasteiger partial charge is 0.414 e. The van der Waals surface area contributed by atoms with Crippen molar-refractivity contribution in [2.45, 2.75) is 49.7 Å². The highest BCUT2D eigenvalue weighted by molar-refractivity contribution is 8.04. The van der Waals surface area contributed by atoms with E-state index in [9.17, 15) is 14.7 Å². The highest BCUT2D eigenvalue weighted by atomic mass is 32.4. The molecule has 0 radical (unpaired) electrons. The van der Waals surface area contributed by atoms with Crippen LogP contribution in [0.25, 0.3) is 0 Å². The second-order valence-electron chi connectivity index (χ2n) is 7.15. The van der Waals surface area contributed by atoms with E-state index >= 15 is 0 Å². The molecule has 166 valence electrons. The molecule has 6 nitrogen and oxygen atoms in total. The number of thioether (sulfide) groups is 1. The lowest BCUT2D eigenvalue weighted by Crippen LogP contribution is -2.45. The summed E-state index contributed by atoms with van der Waals surface area (Å²) in [5.41, 5.74) is 0.816. The minimum absolute atomic E-state index is 0.0120. The zero-order valence-electron chi connectivity index (χ0n) is 17.8. The number of hydrogen-bond acceptors (Lipinski definition) is 6. The van der Waals surface area contributed by atoms with Crippen LogP contribution in [-0.2, 0) is 32.5 Å². The van der Waals surface area contributed by atoms with E-state index in [2.05, 4.69) is 0 Å². The molecule has 0 aliphatic rings. The van der Waals surface area contributed by atoms with Gasteiger partial charge >= 0.3 is 19.0 Å². The fourth-order valence-electron chi connectivity index (χ4n) is 2.80. The number of aliphatic carboxylic acids is 1. The predicted octanol–water partition coefficient (Wildman–Crippen LogP) is 5.85. The number of nitrogens with zero attached hydrogens (tertiary/aromatic N) is 1. The molecule has 0 saturated carbocycles. The second-order valence-corrected chi connectivity index (χ2v) is 11.2. The normalized spacial score (nSPS) is 12.7. The number of carboxylic acid groups (broad SMARTS) is 1. The summed E-state index contributed by atoms with van der Waals surface area (Å²) in [6, 6.07) is 18.0. The van der Waals surface area contributed by atoms with Crippen molar-refractivity contribution in [1.29, 1.82) is 0 Å². The number of ether oxygens (including phenoxy) is 1. The van der Waals surface area contributed by atoms with Crippen molar-refractivity contribution in [3.05, 3.63) is 66.2 Å². The summed E-state index contributed by atoms with van der Waals surface area (Å²) in [5.74, 6) is -1.10. The largest absolute Gasteiger partial charge is 0.480 e. The molecule has 1 N–H and O–H groups in total. The molecule has 0 aromatic heterocycles. The zero-order chi connectivity index (χ0) is 22.9. The highest BCUT2D eigenvalue weighted by Gasteiger charge is 2.37. The molecule has 9 heteroatoms. The van der Waals surface area contributed by atoms with Crippen LogP contribution in [0.4, 0.5) is 4.79 Å². The van der Waals surface area contributed by atoms with Crippen molar-refractivity contribution in [2.75, 3.05) is 6.29 Å². The lowest BCUT2D eigenvalue weighted by molar-refractivity contribution is -0.142. The van der Waals surface area contributed by atoms with Gasteiger partial charge in [0.2, 0.25) is 6.29 Å². The van der Waals surface area contributed by atoms with Crippen molar-refractivity contribution in [1.82, 2.24) is 4.90 Å². The average molecular weight is 481 g/mol. The van der Waals surface area contributed by atoms with E-state index in [1.54, 1.807) is 6.92 Å². The van der Waals surface area contributed by atoms with E-state index in [1.165, 1.54) is 16.7 Å². The molecule has 2 unspecified atom stereocenters. The number of carbonyl (C=O) groups excluding carboxylic acids is 1. The summed E-state index contributed by atoms with van der Waals surface area (Å²) in [6.45, 7) is 4.02. The Labute approximate surface area is 193 Å². The molecule has 0 fully saturated rings. The topological polar surface area (TPSA) is 76.1 Å². The van der Waals surface area contributed by atoms with Gasteiger partial charge in [0.05, 0.1) is 0 Å². The molecule has 0 saturated heterocycles. The monoisotopic (exact) mass is 480 g/mol. The van der Waals surface area contributed by atoms with E-state index in [4.69, 9.17) is 21.1 Å². The van der Waals surface area contributed by atoms with Crippen LogP contribution in [0.15, 0.2) is 65.6 Å².